The summed E-state index contributed by atoms with van der Waals surface area (Å²) < 4.78 is 43.2. The minimum Gasteiger partial charge on any atom is -0.383 e. The minimum atomic E-state index is -4.66. The maximum absolute atomic E-state index is 12.8. The van der Waals surface area contributed by atoms with Crippen molar-refractivity contribution in [1.82, 2.24) is 15.4 Å². The van der Waals surface area contributed by atoms with Crippen LogP contribution in [0.5, 0.6) is 0 Å². The molecule has 0 saturated carbocycles. The molecule has 0 radical (unpaired) electrons. The number of alkyl halides is 3. The van der Waals surface area contributed by atoms with Crippen LogP contribution in [-0.4, -0.2) is 42.7 Å². The van der Waals surface area contributed by atoms with E-state index in [9.17, 15) is 18.0 Å². The molecule has 1 heterocycles. The summed E-state index contributed by atoms with van der Waals surface area (Å²) >= 11 is 0. The molecule has 0 saturated heterocycles. The van der Waals surface area contributed by atoms with Crippen molar-refractivity contribution in [3.8, 4) is 6.07 Å². The molecular formula is C12H13F3N4O2. The predicted octanol–water partition coefficient (Wildman–Crippen LogP) is 1.22. The van der Waals surface area contributed by atoms with Gasteiger partial charge in [0.25, 0.3) is 5.91 Å². The predicted molar refractivity (Wildman–Crippen MR) is 65.8 cm³/mol. The number of nitriles is 1. The van der Waals surface area contributed by atoms with Gasteiger partial charge in [0.05, 0.1) is 23.8 Å². The molecule has 0 aromatic carbocycles. The lowest BCUT2D eigenvalue weighted by atomic mass is 10.1. The topological polar surface area (TPSA) is 78.2 Å². The van der Waals surface area contributed by atoms with Crippen LogP contribution < -0.4 is 5.43 Å². The Labute approximate surface area is 119 Å². The van der Waals surface area contributed by atoms with Crippen LogP contribution in [0.4, 0.5) is 13.2 Å². The van der Waals surface area contributed by atoms with E-state index in [4.69, 9.17) is 10.00 Å². The summed E-state index contributed by atoms with van der Waals surface area (Å²) in [4.78, 5) is 15.4. The fourth-order valence-corrected chi connectivity index (χ4v) is 1.49. The second-order valence-corrected chi connectivity index (χ2v) is 3.93. The number of rotatable bonds is 6. The third-order valence-corrected chi connectivity index (χ3v) is 2.46. The molecule has 0 fully saturated rings. The molecule has 114 valence electrons. The largest absolute Gasteiger partial charge is 0.417 e. The zero-order chi connectivity index (χ0) is 15.9. The number of methoxy groups -OCH3 is 1. The number of hydrazine groups is 1. The SMILES string of the molecule is COCCN(CC#N)NC(=O)c1cnccc1C(F)(F)F. The van der Waals surface area contributed by atoms with E-state index in [2.05, 4.69) is 10.4 Å². The van der Waals surface area contributed by atoms with E-state index in [1.54, 1.807) is 6.07 Å². The number of hydrogen-bond acceptors (Lipinski definition) is 5. The zero-order valence-electron chi connectivity index (χ0n) is 11.1. The van der Waals surface area contributed by atoms with Gasteiger partial charge in [0, 0.05) is 26.0 Å². The van der Waals surface area contributed by atoms with E-state index in [0.29, 0.717) is 0 Å². The number of carbonyl (C=O) groups excluding carboxylic acids is 1. The van der Waals surface area contributed by atoms with Crippen molar-refractivity contribution in [3.63, 3.8) is 0 Å². The van der Waals surface area contributed by atoms with E-state index in [1.165, 1.54) is 12.1 Å². The maximum atomic E-state index is 12.8. The van der Waals surface area contributed by atoms with Gasteiger partial charge in [0.1, 0.15) is 6.54 Å². The standard InChI is InChI=1S/C12H13F3N4O2/c1-21-7-6-19(5-3-16)18-11(20)9-8-17-4-2-10(9)12(13,14)15/h2,4,8H,5-7H2,1H3,(H,18,20). The van der Waals surface area contributed by atoms with E-state index in [1.807, 2.05) is 0 Å². The van der Waals surface area contributed by atoms with Crippen molar-refractivity contribution in [1.29, 1.82) is 5.26 Å². The number of hydrogen-bond donors (Lipinski definition) is 1. The summed E-state index contributed by atoms with van der Waals surface area (Å²) in [6.45, 7) is 0.190. The Morgan fingerprint density at radius 2 is 2.29 bits per heavy atom. The summed E-state index contributed by atoms with van der Waals surface area (Å²) in [6, 6.07) is 2.52. The Balaban J connectivity index is 2.90. The van der Waals surface area contributed by atoms with Crippen LogP contribution in [-0.2, 0) is 10.9 Å². The van der Waals surface area contributed by atoms with Crippen LogP contribution in [0, 0.1) is 11.3 Å². The highest BCUT2D eigenvalue weighted by atomic mass is 19.4. The van der Waals surface area contributed by atoms with Crippen molar-refractivity contribution >= 4 is 5.91 Å². The second kappa shape index (κ2) is 7.56. The van der Waals surface area contributed by atoms with Crippen LogP contribution >= 0.6 is 0 Å². The molecule has 0 unspecified atom stereocenters. The Bertz CT molecular complexity index is 528. The third kappa shape index (κ3) is 5.02. The quantitative estimate of drug-likeness (QED) is 0.631. The molecule has 21 heavy (non-hydrogen) atoms. The Morgan fingerprint density at radius 1 is 1.57 bits per heavy atom. The van der Waals surface area contributed by atoms with Crippen LogP contribution in [0.1, 0.15) is 15.9 Å². The number of aromatic nitrogens is 1. The average molecular weight is 302 g/mol. The first kappa shape index (κ1) is 16.9. The van der Waals surface area contributed by atoms with Crippen LogP contribution in [0.3, 0.4) is 0 Å². The Morgan fingerprint density at radius 3 is 2.86 bits per heavy atom. The second-order valence-electron chi connectivity index (χ2n) is 3.93. The lowest BCUT2D eigenvalue weighted by Gasteiger charge is -2.20. The Hall–Kier alpha value is -2.18. The summed E-state index contributed by atoms with van der Waals surface area (Å²) in [7, 11) is 1.43. The van der Waals surface area contributed by atoms with Gasteiger partial charge in [-0.25, -0.2) is 5.01 Å². The van der Waals surface area contributed by atoms with Crippen LogP contribution in [0.25, 0.3) is 0 Å². The summed E-state index contributed by atoms with van der Waals surface area (Å²) in [5.41, 5.74) is 0.543. The molecular weight excluding hydrogens is 289 g/mol. The number of nitrogens with zero attached hydrogens (tertiary/aromatic N) is 3. The number of amides is 1. The van der Waals surface area contributed by atoms with E-state index < -0.39 is 23.2 Å². The highest BCUT2D eigenvalue weighted by Crippen LogP contribution is 2.31. The number of carbonyl (C=O) groups is 1. The molecule has 0 aliphatic carbocycles. The van der Waals surface area contributed by atoms with E-state index in [-0.39, 0.29) is 19.7 Å². The van der Waals surface area contributed by atoms with Gasteiger partial charge in [0.2, 0.25) is 0 Å². The molecule has 0 atom stereocenters. The van der Waals surface area contributed by atoms with Crippen LogP contribution in [0.2, 0.25) is 0 Å². The first-order valence-corrected chi connectivity index (χ1v) is 5.83. The minimum absolute atomic E-state index is 0.164. The van der Waals surface area contributed by atoms with Crippen LogP contribution in [0.15, 0.2) is 18.5 Å². The molecule has 9 heteroatoms. The van der Waals surface area contributed by atoms with Crippen molar-refractivity contribution in [3.05, 3.63) is 29.6 Å². The molecule has 0 aliphatic rings. The summed E-state index contributed by atoms with van der Waals surface area (Å²) in [5, 5.41) is 9.79. The molecule has 0 bridgehead atoms. The molecule has 1 amide bonds. The molecule has 1 aromatic heterocycles. The van der Waals surface area contributed by atoms with Gasteiger partial charge in [-0.15, -0.1) is 0 Å². The maximum Gasteiger partial charge on any atom is 0.417 e. The molecule has 0 spiro atoms. The fraction of sp³-hybridized carbons (Fsp3) is 0.417. The molecule has 6 nitrogen and oxygen atoms in total. The van der Waals surface area contributed by atoms with E-state index >= 15 is 0 Å². The van der Waals surface area contributed by atoms with Gasteiger partial charge in [0.15, 0.2) is 0 Å². The number of halogens is 3. The third-order valence-electron chi connectivity index (χ3n) is 2.46. The smallest absolute Gasteiger partial charge is 0.383 e. The molecule has 1 aromatic rings. The number of ether oxygens (including phenoxy) is 1. The summed E-state index contributed by atoms with van der Waals surface area (Å²) in [5.74, 6) is -0.984. The fourth-order valence-electron chi connectivity index (χ4n) is 1.49. The van der Waals surface area contributed by atoms with Gasteiger partial charge in [-0.05, 0) is 6.07 Å². The lowest BCUT2D eigenvalue weighted by Crippen LogP contribution is -2.44. The van der Waals surface area contributed by atoms with Gasteiger partial charge in [-0.3, -0.25) is 15.2 Å². The van der Waals surface area contributed by atoms with Crippen molar-refractivity contribution < 1.29 is 22.7 Å². The van der Waals surface area contributed by atoms with Crippen molar-refractivity contribution in [2.24, 2.45) is 0 Å². The monoisotopic (exact) mass is 302 g/mol. The Kier molecular flexibility index (Phi) is 6.08. The lowest BCUT2D eigenvalue weighted by molar-refractivity contribution is -0.138. The van der Waals surface area contributed by atoms with Crippen molar-refractivity contribution in [2.75, 3.05) is 26.8 Å². The number of pyridine rings is 1. The highest BCUT2D eigenvalue weighted by Gasteiger charge is 2.35. The van der Waals surface area contributed by atoms with Crippen molar-refractivity contribution in [2.45, 2.75) is 6.18 Å². The highest BCUT2D eigenvalue weighted by molar-refractivity contribution is 5.95. The first-order chi connectivity index (χ1) is 9.90. The van der Waals surface area contributed by atoms with Gasteiger partial charge in [-0.2, -0.15) is 18.4 Å². The normalized spacial score (nSPS) is 11.2. The van der Waals surface area contributed by atoms with E-state index in [0.717, 1.165) is 18.5 Å². The van der Waals surface area contributed by atoms with Gasteiger partial charge in [-0.1, -0.05) is 0 Å². The molecule has 0 aliphatic heterocycles. The first-order valence-electron chi connectivity index (χ1n) is 5.83. The average Bonchev–Trinajstić information content (AvgIpc) is 2.44. The van der Waals surface area contributed by atoms with Gasteiger partial charge >= 0.3 is 6.18 Å². The molecule has 1 N–H and O–H groups in total. The summed E-state index contributed by atoms with van der Waals surface area (Å²) in [6.07, 6.45) is -2.88. The van der Waals surface area contributed by atoms with Gasteiger partial charge < -0.3 is 4.74 Å². The number of nitrogens with one attached hydrogen (secondary N) is 1. The zero-order valence-corrected chi connectivity index (χ0v) is 11.1. The molecule has 1 rings (SSSR count).